The van der Waals surface area contributed by atoms with Crippen LogP contribution in [0.3, 0.4) is 0 Å². The average molecular weight is 252 g/mol. The van der Waals surface area contributed by atoms with Gasteiger partial charge in [-0.15, -0.1) is 0 Å². The van der Waals surface area contributed by atoms with Crippen LogP contribution in [0.2, 0.25) is 0 Å². The van der Waals surface area contributed by atoms with Crippen molar-refractivity contribution in [1.82, 2.24) is 0 Å². The molecule has 2 nitrogen and oxygen atoms in total. The van der Waals surface area contributed by atoms with Crippen LogP contribution in [-0.4, -0.2) is 30.1 Å². The van der Waals surface area contributed by atoms with Crippen LogP contribution in [0, 0.1) is 23.7 Å². The Hall–Kier alpha value is -0.290. The van der Waals surface area contributed by atoms with E-state index in [0.29, 0.717) is 0 Å². The molecule has 0 unspecified atom stereocenters. The lowest BCUT2D eigenvalue weighted by molar-refractivity contribution is -0.201. The van der Waals surface area contributed by atoms with E-state index in [9.17, 15) is 18.3 Å². The minimum atomic E-state index is -4.17. The smallest absolute Gasteiger partial charge is 0.391 e. The lowest BCUT2D eigenvalue weighted by Gasteiger charge is -2.38. The number of halogens is 3. The van der Waals surface area contributed by atoms with Crippen molar-refractivity contribution in [3.8, 4) is 0 Å². The van der Waals surface area contributed by atoms with Crippen LogP contribution in [0.4, 0.5) is 13.2 Å². The van der Waals surface area contributed by atoms with E-state index in [1.54, 1.807) is 0 Å². The number of fused-ring (bicyclic) bond motifs is 1. The highest BCUT2D eigenvalue weighted by Crippen LogP contribution is 2.50. The van der Waals surface area contributed by atoms with Gasteiger partial charge in [0.1, 0.15) is 0 Å². The molecule has 0 aromatic carbocycles. The van der Waals surface area contributed by atoms with Gasteiger partial charge in [-0.05, 0) is 37.5 Å². The summed E-state index contributed by atoms with van der Waals surface area (Å²) in [5.41, 5.74) is 0. The molecule has 1 saturated heterocycles. The molecule has 2 fully saturated rings. The summed E-state index contributed by atoms with van der Waals surface area (Å²) in [6, 6.07) is 0. The number of rotatable bonds is 1. The molecule has 2 aliphatic rings. The zero-order valence-electron chi connectivity index (χ0n) is 10.1. The van der Waals surface area contributed by atoms with Gasteiger partial charge in [0.25, 0.3) is 0 Å². The SMILES string of the molecule is C[C@H]1[C@H]2[C@H](CO)C[C@H](C(F)(F)F)C[C@@H]2O[C@H]1C. The summed E-state index contributed by atoms with van der Waals surface area (Å²) in [4.78, 5) is 0. The normalized spacial score (nSPS) is 46.9. The Morgan fingerprint density at radius 1 is 1.24 bits per heavy atom. The van der Waals surface area contributed by atoms with Gasteiger partial charge in [0.2, 0.25) is 0 Å². The fourth-order valence-electron chi connectivity index (χ4n) is 3.45. The summed E-state index contributed by atoms with van der Waals surface area (Å²) in [6.07, 6.45) is -4.42. The van der Waals surface area contributed by atoms with Crippen LogP contribution >= 0.6 is 0 Å². The third-order valence-electron chi connectivity index (χ3n) is 4.51. The first-order valence-electron chi connectivity index (χ1n) is 6.17. The molecule has 0 amide bonds. The average Bonchev–Trinajstić information content (AvgIpc) is 2.52. The number of alkyl halides is 3. The first-order chi connectivity index (χ1) is 7.84. The minimum absolute atomic E-state index is 0.00830. The van der Waals surface area contributed by atoms with Crippen molar-refractivity contribution in [3.63, 3.8) is 0 Å². The molecule has 0 radical (unpaired) electrons. The van der Waals surface area contributed by atoms with E-state index in [0.717, 1.165) is 0 Å². The number of aliphatic hydroxyl groups is 1. The van der Waals surface area contributed by atoms with Crippen LogP contribution in [0.5, 0.6) is 0 Å². The van der Waals surface area contributed by atoms with Crippen molar-refractivity contribution in [2.24, 2.45) is 23.7 Å². The van der Waals surface area contributed by atoms with E-state index < -0.39 is 12.1 Å². The summed E-state index contributed by atoms with van der Waals surface area (Å²) in [5.74, 6) is -1.29. The maximum absolute atomic E-state index is 12.8. The third-order valence-corrected chi connectivity index (χ3v) is 4.51. The number of ether oxygens (including phenoxy) is 1. The summed E-state index contributed by atoms with van der Waals surface area (Å²) >= 11 is 0. The molecule has 1 aliphatic heterocycles. The molecule has 1 N–H and O–H groups in total. The Kier molecular flexibility index (Phi) is 3.42. The monoisotopic (exact) mass is 252 g/mol. The van der Waals surface area contributed by atoms with E-state index in [1.165, 1.54) is 0 Å². The lowest BCUT2D eigenvalue weighted by Crippen LogP contribution is -2.42. The van der Waals surface area contributed by atoms with Crippen molar-refractivity contribution in [3.05, 3.63) is 0 Å². The van der Waals surface area contributed by atoms with Crippen molar-refractivity contribution >= 4 is 0 Å². The van der Waals surface area contributed by atoms with E-state index >= 15 is 0 Å². The molecule has 0 bridgehead atoms. The number of hydrogen-bond donors (Lipinski definition) is 1. The molecule has 1 aliphatic carbocycles. The first kappa shape index (κ1) is 13.1. The van der Waals surface area contributed by atoms with Gasteiger partial charge >= 0.3 is 6.18 Å². The van der Waals surface area contributed by atoms with Gasteiger partial charge < -0.3 is 9.84 Å². The van der Waals surface area contributed by atoms with Crippen LogP contribution in [-0.2, 0) is 4.74 Å². The predicted molar refractivity (Wildman–Crippen MR) is 56.3 cm³/mol. The summed E-state index contributed by atoms with van der Waals surface area (Å²) in [5, 5.41) is 9.30. The zero-order chi connectivity index (χ0) is 12.8. The molecular formula is C12H19F3O2. The molecule has 0 spiro atoms. The second kappa shape index (κ2) is 4.43. The molecule has 1 heterocycles. The Balaban J connectivity index is 2.16. The number of hydrogen-bond acceptors (Lipinski definition) is 2. The van der Waals surface area contributed by atoms with Crippen molar-refractivity contribution in [2.45, 2.75) is 45.1 Å². The Labute approximate surface area is 99.1 Å². The molecule has 1 saturated carbocycles. The van der Waals surface area contributed by atoms with Crippen molar-refractivity contribution < 1.29 is 23.0 Å². The van der Waals surface area contributed by atoms with Crippen molar-refractivity contribution in [1.29, 1.82) is 0 Å². The Bertz CT molecular complexity index is 271. The lowest BCUT2D eigenvalue weighted by atomic mass is 9.68. The topological polar surface area (TPSA) is 29.5 Å². The highest BCUT2D eigenvalue weighted by atomic mass is 19.4. The summed E-state index contributed by atoms with van der Waals surface area (Å²) in [6.45, 7) is 3.74. The molecule has 100 valence electrons. The van der Waals surface area contributed by atoms with Gasteiger partial charge in [-0.2, -0.15) is 13.2 Å². The van der Waals surface area contributed by atoms with Gasteiger partial charge in [0.15, 0.2) is 0 Å². The standard InChI is InChI=1S/C12H19F3O2/c1-6-7(2)17-10-4-9(12(13,14)15)3-8(5-16)11(6)10/h6-11,16H,3-5H2,1-2H3/t6-,7+,8+,9+,10+,11+/m1/s1. The van der Waals surface area contributed by atoms with Gasteiger partial charge in [-0.3, -0.25) is 0 Å². The van der Waals surface area contributed by atoms with Crippen LogP contribution in [0.15, 0.2) is 0 Å². The fourth-order valence-corrected chi connectivity index (χ4v) is 3.45. The quantitative estimate of drug-likeness (QED) is 0.777. The van der Waals surface area contributed by atoms with E-state index in [4.69, 9.17) is 4.74 Å². The number of aliphatic hydroxyl groups excluding tert-OH is 1. The molecule has 6 atom stereocenters. The van der Waals surface area contributed by atoms with Gasteiger partial charge in [-0.1, -0.05) is 6.92 Å². The minimum Gasteiger partial charge on any atom is -0.396 e. The van der Waals surface area contributed by atoms with E-state index in [-0.39, 0.29) is 49.4 Å². The molecule has 0 aromatic rings. The van der Waals surface area contributed by atoms with Gasteiger partial charge in [0, 0.05) is 6.61 Å². The molecule has 5 heteroatoms. The molecule has 2 rings (SSSR count). The van der Waals surface area contributed by atoms with Crippen molar-refractivity contribution in [2.75, 3.05) is 6.61 Å². The fraction of sp³-hybridized carbons (Fsp3) is 1.00. The highest BCUT2D eigenvalue weighted by molar-refractivity contribution is 4.96. The van der Waals surface area contributed by atoms with Gasteiger partial charge in [0.05, 0.1) is 18.1 Å². The van der Waals surface area contributed by atoms with Crippen LogP contribution in [0.25, 0.3) is 0 Å². The Morgan fingerprint density at radius 2 is 1.88 bits per heavy atom. The van der Waals surface area contributed by atoms with E-state index in [2.05, 4.69) is 0 Å². The summed E-state index contributed by atoms with van der Waals surface area (Å²) < 4.78 is 43.9. The largest absolute Gasteiger partial charge is 0.396 e. The maximum atomic E-state index is 12.8. The third kappa shape index (κ3) is 2.32. The van der Waals surface area contributed by atoms with Gasteiger partial charge in [-0.25, -0.2) is 0 Å². The molecule has 17 heavy (non-hydrogen) atoms. The Morgan fingerprint density at radius 3 is 2.41 bits per heavy atom. The van der Waals surface area contributed by atoms with Crippen LogP contribution < -0.4 is 0 Å². The molecule has 0 aromatic heterocycles. The highest BCUT2D eigenvalue weighted by Gasteiger charge is 2.53. The predicted octanol–water partition coefficient (Wildman–Crippen LogP) is 2.61. The maximum Gasteiger partial charge on any atom is 0.391 e. The second-order valence-corrected chi connectivity index (χ2v) is 5.47. The zero-order valence-corrected chi connectivity index (χ0v) is 10.1. The summed E-state index contributed by atoms with van der Waals surface area (Å²) in [7, 11) is 0. The van der Waals surface area contributed by atoms with Crippen LogP contribution in [0.1, 0.15) is 26.7 Å². The first-order valence-corrected chi connectivity index (χ1v) is 6.17. The molecular weight excluding hydrogens is 233 g/mol. The second-order valence-electron chi connectivity index (χ2n) is 5.47. The van der Waals surface area contributed by atoms with E-state index in [1.807, 2.05) is 13.8 Å².